The van der Waals surface area contributed by atoms with Gasteiger partial charge in [-0.1, -0.05) is 12.1 Å². The summed E-state index contributed by atoms with van der Waals surface area (Å²) in [7, 11) is 3.71. The molecule has 3 aliphatic rings. The van der Waals surface area contributed by atoms with E-state index in [9.17, 15) is 0 Å². The van der Waals surface area contributed by atoms with Gasteiger partial charge in [0, 0.05) is 6.54 Å². The normalized spacial score (nSPS) is 32.2. The summed E-state index contributed by atoms with van der Waals surface area (Å²) in [4.78, 5) is 2.50. The number of methoxy groups -OCH3 is 1. The van der Waals surface area contributed by atoms with Crippen LogP contribution in [0.2, 0.25) is 0 Å². The van der Waals surface area contributed by atoms with Crippen molar-refractivity contribution < 1.29 is 14.0 Å². The maximum atomic E-state index is 6.23. The van der Waals surface area contributed by atoms with E-state index < -0.39 is 0 Å². The Morgan fingerprint density at radius 3 is 2.21 bits per heavy atom. The van der Waals surface area contributed by atoms with Crippen molar-refractivity contribution in [3.8, 4) is 5.75 Å². The molecule has 0 aromatic heterocycles. The van der Waals surface area contributed by atoms with E-state index in [2.05, 4.69) is 57.8 Å². The van der Waals surface area contributed by atoms with Gasteiger partial charge in [-0.15, -0.1) is 0 Å². The van der Waals surface area contributed by atoms with Crippen molar-refractivity contribution in [2.75, 3.05) is 27.2 Å². The zero-order valence-corrected chi connectivity index (χ0v) is 18.5. The fraction of sp³-hybridized carbons (Fsp3) is 0.739. The number of nitrogens with zero attached hydrogens (tertiary/aromatic N) is 1. The van der Waals surface area contributed by atoms with Gasteiger partial charge < -0.3 is 18.9 Å². The molecule has 1 aliphatic carbocycles. The molecule has 5 heteroatoms. The summed E-state index contributed by atoms with van der Waals surface area (Å²) >= 11 is 0. The maximum absolute atomic E-state index is 6.23. The average Bonchev–Trinajstić information content (AvgIpc) is 3.11. The summed E-state index contributed by atoms with van der Waals surface area (Å²) in [6.07, 6.45) is 6.57. The van der Waals surface area contributed by atoms with Crippen LogP contribution in [0.15, 0.2) is 18.2 Å². The molecule has 28 heavy (non-hydrogen) atoms. The summed E-state index contributed by atoms with van der Waals surface area (Å²) in [5, 5.41) is 0. The predicted octanol–water partition coefficient (Wildman–Crippen LogP) is 3.97. The second kappa shape index (κ2) is 7.03. The second-order valence-electron chi connectivity index (χ2n) is 10.4. The topological polar surface area (TPSA) is 30.9 Å². The van der Waals surface area contributed by atoms with Crippen molar-refractivity contribution in [1.29, 1.82) is 0 Å². The molecule has 4 rings (SSSR count). The smallest absolute Gasteiger partial charge is 0.494 e. The maximum Gasteiger partial charge on any atom is 0.494 e. The molecule has 2 heterocycles. The van der Waals surface area contributed by atoms with E-state index in [1.165, 1.54) is 50.8 Å². The molecule has 1 aromatic rings. The number of rotatable bonds is 3. The fourth-order valence-electron chi connectivity index (χ4n) is 5.30. The first kappa shape index (κ1) is 20.2. The zero-order valence-electron chi connectivity index (χ0n) is 18.5. The first-order valence-corrected chi connectivity index (χ1v) is 10.9. The van der Waals surface area contributed by atoms with E-state index in [1.54, 1.807) is 7.11 Å². The van der Waals surface area contributed by atoms with Gasteiger partial charge in [-0.2, -0.15) is 0 Å². The monoisotopic (exact) mass is 385 g/mol. The highest BCUT2D eigenvalue weighted by molar-refractivity contribution is 6.62. The van der Waals surface area contributed by atoms with Gasteiger partial charge in [-0.3, -0.25) is 0 Å². The Bertz CT molecular complexity index is 709. The molecule has 0 amide bonds. The Labute approximate surface area is 171 Å². The molecule has 0 radical (unpaired) electrons. The minimum atomic E-state index is -0.336. The van der Waals surface area contributed by atoms with Crippen molar-refractivity contribution in [2.24, 2.45) is 5.41 Å². The molecule has 0 unspecified atom stereocenters. The summed E-state index contributed by atoms with van der Waals surface area (Å²) in [6, 6.07) is 6.56. The molecule has 1 aromatic carbocycles. The highest BCUT2D eigenvalue weighted by atomic mass is 16.7. The summed E-state index contributed by atoms with van der Waals surface area (Å²) in [5.41, 5.74) is 2.32. The molecule has 154 valence electrons. The van der Waals surface area contributed by atoms with Crippen LogP contribution in [0, 0.1) is 5.41 Å². The van der Waals surface area contributed by atoms with E-state index in [4.69, 9.17) is 14.0 Å². The molecule has 1 spiro atoms. The molecule has 0 bridgehead atoms. The summed E-state index contributed by atoms with van der Waals surface area (Å²) < 4.78 is 18.3. The Hall–Kier alpha value is -1.04. The Balaban J connectivity index is 1.49. The van der Waals surface area contributed by atoms with Crippen molar-refractivity contribution in [3.05, 3.63) is 23.8 Å². The van der Waals surface area contributed by atoms with Crippen LogP contribution in [0.5, 0.6) is 5.75 Å². The molecule has 2 aliphatic heterocycles. The fourth-order valence-corrected chi connectivity index (χ4v) is 5.30. The Kier molecular flexibility index (Phi) is 5.09. The van der Waals surface area contributed by atoms with E-state index in [0.29, 0.717) is 11.3 Å². The highest BCUT2D eigenvalue weighted by Gasteiger charge is 2.52. The second-order valence-corrected chi connectivity index (χ2v) is 10.4. The Morgan fingerprint density at radius 2 is 1.68 bits per heavy atom. The van der Waals surface area contributed by atoms with Gasteiger partial charge in [0.05, 0.1) is 18.3 Å². The van der Waals surface area contributed by atoms with Crippen LogP contribution in [0.3, 0.4) is 0 Å². The molecule has 3 fully saturated rings. The van der Waals surface area contributed by atoms with Crippen LogP contribution in [0.25, 0.3) is 0 Å². The average molecular weight is 385 g/mol. The third-order valence-electron chi connectivity index (χ3n) is 7.90. The van der Waals surface area contributed by atoms with Gasteiger partial charge in [0.2, 0.25) is 0 Å². The molecule has 4 nitrogen and oxygen atoms in total. The minimum absolute atomic E-state index is 0.324. The van der Waals surface area contributed by atoms with E-state index in [-0.39, 0.29) is 18.3 Å². The van der Waals surface area contributed by atoms with Crippen LogP contribution in [-0.2, 0) is 9.31 Å². The number of hydrogen-bond donors (Lipinski definition) is 0. The SMILES string of the molecule is COc1cc(B2OC(C)(C)C(C)(C)O2)ccc1C1CCC2(CC1)CCN(C)C2. The van der Waals surface area contributed by atoms with Crippen LogP contribution < -0.4 is 10.2 Å². The van der Waals surface area contributed by atoms with E-state index >= 15 is 0 Å². The van der Waals surface area contributed by atoms with Crippen molar-refractivity contribution in [3.63, 3.8) is 0 Å². The van der Waals surface area contributed by atoms with Crippen molar-refractivity contribution in [2.45, 2.75) is 76.9 Å². The highest BCUT2D eigenvalue weighted by Crippen LogP contribution is 2.49. The van der Waals surface area contributed by atoms with E-state index in [0.717, 1.165) is 11.2 Å². The summed E-state index contributed by atoms with van der Waals surface area (Å²) in [6.45, 7) is 10.9. The molecule has 0 atom stereocenters. The van der Waals surface area contributed by atoms with Crippen LogP contribution in [0.1, 0.15) is 71.3 Å². The van der Waals surface area contributed by atoms with Crippen LogP contribution in [0.4, 0.5) is 0 Å². The first-order chi connectivity index (χ1) is 13.1. The number of likely N-dealkylation sites (tertiary alicyclic amines) is 1. The number of ether oxygens (including phenoxy) is 1. The quantitative estimate of drug-likeness (QED) is 0.737. The predicted molar refractivity (Wildman–Crippen MR) is 114 cm³/mol. The lowest BCUT2D eigenvalue weighted by atomic mass is 9.68. The lowest BCUT2D eigenvalue weighted by Gasteiger charge is -2.37. The number of hydrogen-bond acceptors (Lipinski definition) is 4. The van der Waals surface area contributed by atoms with Gasteiger partial charge in [-0.05, 0) is 102 Å². The van der Waals surface area contributed by atoms with Crippen LogP contribution >= 0.6 is 0 Å². The molecule has 2 saturated heterocycles. The van der Waals surface area contributed by atoms with Crippen molar-refractivity contribution in [1.82, 2.24) is 4.90 Å². The molecule has 1 saturated carbocycles. The zero-order chi connectivity index (χ0) is 20.2. The lowest BCUT2D eigenvalue weighted by molar-refractivity contribution is 0.00578. The largest absolute Gasteiger partial charge is 0.496 e. The van der Waals surface area contributed by atoms with E-state index in [1.807, 2.05) is 0 Å². The van der Waals surface area contributed by atoms with Gasteiger partial charge in [-0.25, -0.2) is 0 Å². The van der Waals surface area contributed by atoms with Gasteiger partial charge in [0.1, 0.15) is 5.75 Å². The Morgan fingerprint density at radius 1 is 1.04 bits per heavy atom. The third kappa shape index (κ3) is 3.50. The first-order valence-electron chi connectivity index (χ1n) is 10.9. The third-order valence-corrected chi connectivity index (χ3v) is 7.90. The molecular weight excluding hydrogens is 349 g/mol. The molecular formula is C23H36BNO3. The number of benzene rings is 1. The minimum Gasteiger partial charge on any atom is -0.496 e. The summed E-state index contributed by atoms with van der Waals surface area (Å²) in [5.74, 6) is 1.58. The molecule has 0 N–H and O–H groups in total. The van der Waals surface area contributed by atoms with Gasteiger partial charge in [0.25, 0.3) is 0 Å². The van der Waals surface area contributed by atoms with Crippen molar-refractivity contribution >= 4 is 12.6 Å². The van der Waals surface area contributed by atoms with Gasteiger partial charge in [0.15, 0.2) is 0 Å². The van der Waals surface area contributed by atoms with Gasteiger partial charge >= 0.3 is 7.12 Å². The standard InChI is InChI=1S/C23H36BNO3/c1-21(2)22(3,4)28-24(27-21)18-7-8-19(20(15-18)26-6)17-9-11-23(12-10-17)13-14-25(5)16-23/h7-8,15,17H,9-14,16H2,1-6H3. The van der Waals surface area contributed by atoms with Crippen LogP contribution in [-0.4, -0.2) is 50.5 Å². The lowest BCUT2D eigenvalue weighted by Crippen LogP contribution is -2.41.